The lowest BCUT2D eigenvalue weighted by Crippen LogP contribution is -1.82. The molecule has 0 aromatic carbocycles. The van der Waals surface area contributed by atoms with Crippen molar-refractivity contribution >= 4 is 27.0 Å². The average Bonchev–Trinajstić information content (AvgIpc) is 2.36. The second-order valence-electron chi connectivity index (χ2n) is 2.06. The van der Waals surface area contributed by atoms with Gasteiger partial charge in [-0.1, -0.05) is 0 Å². The third-order valence-corrected chi connectivity index (χ3v) is 1.89. The van der Waals surface area contributed by atoms with Gasteiger partial charge in [0.15, 0.2) is 5.82 Å². The number of nitrogens with zero attached hydrogens (tertiary/aromatic N) is 2. The Morgan fingerprint density at radius 2 is 2.36 bits per heavy atom. The highest BCUT2D eigenvalue weighted by molar-refractivity contribution is 9.10. The van der Waals surface area contributed by atoms with E-state index in [-0.39, 0.29) is 10.4 Å². The van der Waals surface area contributed by atoms with Crippen LogP contribution in [0.25, 0.3) is 11.0 Å². The van der Waals surface area contributed by atoms with E-state index in [1.165, 1.54) is 6.07 Å². The largest absolute Gasteiger partial charge is 0.276 e. The van der Waals surface area contributed by atoms with Crippen molar-refractivity contribution in [3.63, 3.8) is 0 Å². The topological polar surface area (TPSA) is 41.6 Å². The van der Waals surface area contributed by atoms with E-state index in [9.17, 15) is 4.39 Å². The first-order chi connectivity index (χ1) is 5.27. The summed E-state index contributed by atoms with van der Waals surface area (Å²) in [4.78, 5) is 3.88. The molecule has 0 spiro atoms. The molecule has 2 aromatic heterocycles. The minimum atomic E-state index is -0.387. The predicted octanol–water partition coefficient (Wildman–Crippen LogP) is 1.86. The normalized spacial score (nSPS) is 10.7. The molecule has 0 aliphatic carbocycles. The van der Waals surface area contributed by atoms with Crippen LogP contribution in [0.15, 0.2) is 16.9 Å². The van der Waals surface area contributed by atoms with Crippen LogP contribution in [-0.4, -0.2) is 15.2 Å². The lowest BCUT2D eigenvalue weighted by molar-refractivity contribution is 0.616. The number of fused-ring (bicyclic) bond motifs is 1. The van der Waals surface area contributed by atoms with Crippen molar-refractivity contribution < 1.29 is 4.39 Å². The minimum Gasteiger partial charge on any atom is -0.276 e. The molecular weight excluding hydrogens is 213 g/mol. The van der Waals surface area contributed by atoms with E-state index in [1.54, 1.807) is 6.20 Å². The monoisotopic (exact) mass is 215 g/mol. The van der Waals surface area contributed by atoms with Crippen LogP contribution >= 0.6 is 15.9 Å². The van der Waals surface area contributed by atoms with Crippen molar-refractivity contribution in [2.24, 2.45) is 0 Å². The third kappa shape index (κ3) is 1.01. The fourth-order valence-corrected chi connectivity index (χ4v) is 1.14. The van der Waals surface area contributed by atoms with Crippen molar-refractivity contribution in [2.75, 3.05) is 0 Å². The van der Waals surface area contributed by atoms with Crippen molar-refractivity contribution in [3.8, 4) is 0 Å². The smallest absolute Gasteiger partial charge is 0.158 e. The van der Waals surface area contributed by atoms with Crippen LogP contribution in [0, 0.1) is 5.82 Å². The van der Waals surface area contributed by atoms with Gasteiger partial charge in [-0.25, -0.2) is 9.37 Å². The summed E-state index contributed by atoms with van der Waals surface area (Å²) in [5.41, 5.74) is 1.25. The van der Waals surface area contributed by atoms with Crippen LogP contribution in [0.1, 0.15) is 0 Å². The second-order valence-corrected chi connectivity index (χ2v) is 2.81. The van der Waals surface area contributed by atoms with E-state index in [4.69, 9.17) is 0 Å². The van der Waals surface area contributed by atoms with E-state index in [0.29, 0.717) is 11.0 Å². The van der Waals surface area contributed by atoms with Crippen LogP contribution < -0.4 is 0 Å². The highest BCUT2D eigenvalue weighted by Gasteiger charge is 2.03. The van der Waals surface area contributed by atoms with Gasteiger partial charge >= 0.3 is 0 Å². The zero-order chi connectivity index (χ0) is 7.84. The van der Waals surface area contributed by atoms with Gasteiger partial charge in [0.1, 0.15) is 10.1 Å². The molecule has 0 saturated carbocycles. The standard InChI is InChI=1S/C6H3BrFN3/c7-6-3(8)1-4-5(10-6)2-9-11-4/h1-2H,(H,9,11). The van der Waals surface area contributed by atoms with Crippen LogP contribution in [0.5, 0.6) is 0 Å². The van der Waals surface area contributed by atoms with Gasteiger partial charge < -0.3 is 0 Å². The molecule has 0 bridgehead atoms. The average molecular weight is 216 g/mol. The van der Waals surface area contributed by atoms with E-state index < -0.39 is 0 Å². The molecule has 2 rings (SSSR count). The summed E-state index contributed by atoms with van der Waals surface area (Å²) in [7, 11) is 0. The van der Waals surface area contributed by atoms with Crippen LogP contribution in [0.3, 0.4) is 0 Å². The molecule has 0 amide bonds. The Balaban J connectivity index is 2.86. The quantitative estimate of drug-likeness (QED) is 0.682. The van der Waals surface area contributed by atoms with Gasteiger partial charge in [-0.3, -0.25) is 5.10 Å². The molecule has 3 nitrogen and oxygen atoms in total. The van der Waals surface area contributed by atoms with Gasteiger partial charge in [0, 0.05) is 6.07 Å². The number of nitrogens with one attached hydrogen (secondary N) is 1. The molecule has 2 heterocycles. The van der Waals surface area contributed by atoms with E-state index >= 15 is 0 Å². The summed E-state index contributed by atoms with van der Waals surface area (Å²) in [6.07, 6.45) is 1.54. The maximum absolute atomic E-state index is 12.8. The number of pyridine rings is 1. The summed E-state index contributed by atoms with van der Waals surface area (Å²) < 4.78 is 13.0. The lowest BCUT2D eigenvalue weighted by atomic mass is 10.4. The fraction of sp³-hybridized carbons (Fsp3) is 0. The van der Waals surface area contributed by atoms with Gasteiger partial charge in [-0.15, -0.1) is 0 Å². The molecule has 1 N–H and O–H groups in total. The van der Waals surface area contributed by atoms with E-state index in [1.807, 2.05) is 0 Å². The maximum atomic E-state index is 12.8. The first-order valence-electron chi connectivity index (χ1n) is 2.92. The summed E-state index contributed by atoms with van der Waals surface area (Å²) >= 11 is 2.97. The number of hydrogen-bond donors (Lipinski definition) is 1. The highest BCUT2D eigenvalue weighted by Crippen LogP contribution is 2.16. The zero-order valence-corrected chi connectivity index (χ0v) is 6.89. The lowest BCUT2D eigenvalue weighted by Gasteiger charge is -1.91. The number of rotatable bonds is 0. The molecule has 0 atom stereocenters. The fourth-order valence-electron chi connectivity index (χ4n) is 0.831. The first kappa shape index (κ1) is 6.72. The summed E-state index contributed by atoms with van der Waals surface area (Å²) in [5.74, 6) is -0.387. The molecule has 0 fully saturated rings. The molecule has 0 saturated heterocycles. The van der Waals surface area contributed by atoms with Crippen molar-refractivity contribution in [1.29, 1.82) is 0 Å². The predicted molar refractivity (Wildman–Crippen MR) is 41.5 cm³/mol. The van der Waals surface area contributed by atoms with Crippen LogP contribution in [0.2, 0.25) is 0 Å². The maximum Gasteiger partial charge on any atom is 0.158 e. The SMILES string of the molecule is Fc1cc2[nH]ncc2nc1Br. The molecule has 2 aromatic rings. The highest BCUT2D eigenvalue weighted by atomic mass is 79.9. The summed E-state index contributed by atoms with van der Waals surface area (Å²) in [6, 6.07) is 1.35. The summed E-state index contributed by atoms with van der Waals surface area (Å²) in [5, 5.41) is 6.32. The Labute approximate surface area is 69.8 Å². The molecular formula is C6H3BrFN3. The molecule has 11 heavy (non-hydrogen) atoms. The van der Waals surface area contributed by atoms with Gasteiger partial charge in [-0.05, 0) is 15.9 Å². The first-order valence-corrected chi connectivity index (χ1v) is 3.72. The molecule has 0 radical (unpaired) electrons. The third-order valence-electron chi connectivity index (χ3n) is 1.33. The van der Waals surface area contributed by atoms with E-state index in [2.05, 4.69) is 31.1 Å². The zero-order valence-electron chi connectivity index (χ0n) is 5.31. The molecule has 0 aliphatic heterocycles. The van der Waals surface area contributed by atoms with Crippen LogP contribution in [-0.2, 0) is 0 Å². The van der Waals surface area contributed by atoms with Gasteiger partial charge in [0.2, 0.25) is 0 Å². The van der Waals surface area contributed by atoms with Crippen molar-refractivity contribution in [2.45, 2.75) is 0 Å². The molecule has 56 valence electrons. The van der Waals surface area contributed by atoms with Gasteiger partial charge in [0.05, 0.1) is 11.7 Å². The van der Waals surface area contributed by atoms with Gasteiger partial charge in [0.25, 0.3) is 0 Å². The van der Waals surface area contributed by atoms with Gasteiger partial charge in [-0.2, -0.15) is 5.10 Å². The summed E-state index contributed by atoms with van der Waals surface area (Å²) in [6.45, 7) is 0. The van der Waals surface area contributed by atoms with Crippen LogP contribution in [0.4, 0.5) is 4.39 Å². The Hall–Kier alpha value is -0.970. The van der Waals surface area contributed by atoms with Crippen molar-refractivity contribution in [3.05, 3.63) is 22.7 Å². The number of aromatic amines is 1. The number of hydrogen-bond acceptors (Lipinski definition) is 2. The second kappa shape index (κ2) is 2.27. The molecule has 0 unspecified atom stereocenters. The Kier molecular flexibility index (Phi) is 1.38. The molecule has 5 heteroatoms. The Morgan fingerprint density at radius 1 is 1.55 bits per heavy atom. The number of aromatic nitrogens is 3. The van der Waals surface area contributed by atoms with E-state index in [0.717, 1.165) is 0 Å². The Bertz CT molecular complexity index is 362. The Morgan fingerprint density at radius 3 is 3.18 bits per heavy atom. The number of H-pyrrole nitrogens is 1. The van der Waals surface area contributed by atoms with Crippen molar-refractivity contribution in [1.82, 2.24) is 15.2 Å². The molecule has 0 aliphatic rings. The minimum absolute atomic E-state index is 0.214. The number of halogens is 2.